The zero-order chi connectivity index (χ0) is 20.8. The molecule has 0 fully saturated rings. The second-order valence-electron chi connectivity index (χ2n) is 7.52. The molecule has 2 rings (SSSR count). The maximum absolute atomic E-state index is 12.7. The van der Waals surface area contributed by atoms with Crippen LogP contribution in [0.2, 0.25) is 19.6 Å². The lowest BCUT2D eigenvalue weighted by atomic mass is 10.2. The van der Waals surface area contributed by atoms with E-state index in [0.29, 0.717) is 0 Å². The summed E-state index contributed by atoms with van der Waals surface area (Å²) >= 11 is 0. The highest BCUT2D eigenvalue weighted by molar-refractivity contribution is 7.53. The molecule has 1 heterocycles. The van der Waals surface area contributed by atoms with Gasteiger partial charge in [-0.05, 0) is 5.56 Å². The van der Waals surface area contributed by atoms with Crippen molar-refractivity contribution in [3.05, 3.63) is 42.1 Å². The van der Waals surface area contributed by atoms with Gasteiger partial charge in [0, 0.05) is 20.4 Å². The van der Waals surface area contributed by atoms with Gasteiger partial charge in [-0.1, -0.05) is 55.2 Å². The summed E-state index contributed by atoms with van der Waals surface area (Å²) in [6, 6.07) is 9.38. The van der Waals surface area contributed by atoms with Crippen molar-refractivity contribution < 1.29 is 23.1 Å². The lowest BCUT2D eigenvalue weighted by Crippen LogP contribution is -2.38. The second-order valence-corrected chi connectivity index (χ2v) is 14.9. The first-order valence-electron chi connectivity index (χ1n) is 8.98. The molecule has 1 aromatic carbocycles. The summed E-state index contributed by atoms with van der Waals surface area (Å²) in [7, 11) is -2.43. The molecule has 0 bridgehead atoms. The van der Waals surface area contributed by atoms with Gasteiger partial charge < -0.3 is 13.8 Å². The summed E-state index contributed by atoms with van der Waals surface area (Å²) in [5.41, 5.74) is 0.873. The lowest BCUT2D eigenvalue weighted by molar-refractivity contribution is -0.149. The smallest absolute Gasteiger partial charge is 0.331 e. The lowest BCUT2D eigenvalue weighted by Gasteiger charge is -2.20. The van der Waals surface area contributed by atoms with Crippen molar-refractivity contribution in [3.63, 3.8) is 0 Å². The number of esters is 1. The van der Waals surface area contributed by atoms with Crippen LogP contribution in [0.3, 0.4) is 0 Å². The van der Waals surface area contributed by atoms with Crippen LogP contribution in [0.5, 0.6) is 0 Å². The number of ether oxygens (including phenoxy) is 1. The summed E-state index contributed by atoms with van der Waals surface area (Å²) in [4.78, 5) is 12.7. The normalized spacial score (nSPS) is 13.3. The minimum absolute atomic E-state index is 0.101. The van der Waals surface area contributed by atoms with Gasteiger partial charge >= 0.3 is 13.6 Å². The van der Waals surface area contributed by atoms with Crippen LogP contribution >= 0.6 is 7.60 Å². The molecule has 0 saturated heterocycles. The highest BCUT2D eigenvalue weighted by atomic mass is 31.2. The number of rotatable bonds is 10. The molecule has 0 N–H and O–H groups in total. The van der Waals surface area contributed by atoms with E-state index in [-0.39, 0.29) is 19.3 Å². The van der Waals surface area contributed by atoms with Gasteiger partial charge in [-0.3, -0.25) is 14.0 Å². The third kappa shape index (κ3) is 6.37. The summed E-state index contributed by atoms with van der Waals surface area (Å²) < 4.78 is 29.7. The van der Waals surface area contributed by atoms with Crippen molar-refractivity contribution in [3.8, 4) is 0 Å². The Kier molecular flexibility index (Phi) is 7.71. The summed E-state index contributed by atoms with van der Waals surface area (Å²) in [6.45, 7) is 6.81. The molecular weight excluding hydrogens is 397 g/mol. The van der Waals surface area contributed by atoms with Gasteiger partial charge in [0.2, 0.25) is 0 Å². The molecule has 2 aromatic rings. The first kappa shape index (κ1) is 22.5. The molecule has 0 aliphatic rings. The average Bonchev–Trinajstić information content (AvgIpc) is 3.15. The Labute approximate surface area is 166 Å². The van der Waals surface area contributed by atoms with Gasteiger partial charge in [0.05, 0.1) is 23.9 Å². The fourth-order valence-electron chi connectivity index (χ4n) is 2.50. The van der Waals surface area contributed by atoms with Gasteiger partial charge in [0.25, 0.3) is 0 Å². The fraction of sp³-hybridized carbons (Fsp3) is 0.500. The average molecular weight is 425 g/mol. The molecule has 28 heavy (non-hydrogen) atoms. The third-order valence-corrected chi connectivity index (χ3v) is 8.04. The molecule has 154 valence electrons. The van der Waals surface area contributed by atoms with E-state index >= 15 is 0 Å². The number of nitrogens with zero attached hydrogens (tertiary/aromatic N) is 3. The molecule has 0 radical (unpaired) electrons. The predicted molar refractivity (Wildman–Crippen MR) is 109 cm³/mol. The van der Waals surface area contributed by atoms with Crippen molar-refractivity contribution in [1.29, 1.82) is 0 Å². The van der Waals surface area contributed by atoms with E-state index in [1.54, 1.807) is 4.68 Å². The highest BCUT2D eigenvalue weighted by Gasteiger charge is 2.33. The van der Waals surface area contributed by atoms with Crippen molar-refractivity contribution in [2.45, 2.75) is 32.8 Å². The Morgan fingerprint density at radius 1 is 1.18 bits per heavy atom. The first-order valence-corrected chi connectivity index (χ1v) is 14.2. The molecule has 1 unspecified atom stereocenters. The first-order chi connectivity index (χ1) is 13.2. The van der Waals surface area contributed by atoms with E-state index in [2.05, 4.69) is 30.0 Å². The molecule has 0 amide bonds. The highest BCUT2D eigenvalue weighted by Crippen LogP contribution is 2.48. The fourth-order valence-corrected chi connectivity index (χ4v) is 4.64. The molecular formula is C18H28N3O5PSi. The van der Waals surface area contributed by atoms with Crippen molar-refractivity contribution in [2.24, 2.45) is 5.92 Å². The molecule has 1 atom stereocenters. The molecule has 10 heteroatoms. The number of hydrogen-bond donors (Lipinski definition) is 0. The Bertz CT molecular complexity index is 814. The van der Waals surface area contributed by atoms with Crippen LogP contribution in [-0.4, -0.2) is 49.4 Å². The van der Waals surface area contributed by atoms with Crippen LogP contribution in [0, 0.1) is 5.92 Å². The van der Waals surface area contributed by atoms with Gasteiger partial charge in [-0.15, -0.1) is 5.10 Å². The monoisotopic (exact) mass is 425 g/mol. The van der Waals surface area contributed by atoms with Gasteiger partial charge in [0.15, 0.2) is 0 Å². The SMILES string of the molecule is COP(=O)(CC(Cn1cc([Si](C)(C)C)nn1)C(=O)OCc1ccccc1)OC. The quantitative estimate of drug-likeness (QED) is 0.328. The van der Waals surface area contributed by atoms with Gasteiger partial charge in [-0.25, -0.2) is 0 Å². The van der Waals surface area contributed by atoms with Crippen LogP contribution in [-0.2, 0) is 36.3 Å². The van der Waals surface area contributed by atoms with E-state index < -0.39 is 27.6 Å². The maximum atomic E-state index is 12.7. The number of hydrogen-bond acceptors (Lipinski definition) is 7. The minimum atomic E-state index is -3.40. The van der Waals surface area contributed by atoms with Crippen molar-refractivity contribution in [1.82, 2.24) is 15.0 Å². The number of benzene rings is 1. The number of carbonyl (C=O) groups is 1. The van der Waals surface area contributed by atoms with Crippen molar-refractivity contribution >= 4 is 27.0 Å². The minimum Gasteiger partial charge on any atom is -0.461 e. The van der Waals surface area contributed by atoms with E-state index in [4.69, 9.17) is 13.8 Å². The Hall–Kier alpha value is -1.80. The topological polar surface area (TPSA) is 92.5 Å². The zero-order valence-corrected chi connectivity index (χ0v) is 18.9. The largest absolute Gasteiger partial charge is 0.461 e. The number of carbonyl (C=O) groups excluding carboxylic acids is 1. The summed E-state index contributed by atoms with van der Waals surface area (Å²) in [5, 5.41) is 9.28. The standard InChI is InChI=1S/C18H28N3O5PSi/c1-24-27(23,25-2)14-16(11-21-12-17(19-20-21)28(3,4)5)18(22)26-13-15-9-7-6-8-10-15/h6-10,12,16H,11,13-14H2,1-5H3. The van der Waals surface area contributed by atoms with Crippen LogP contribution in [0.1, 0.15) is 5.56 Å². The van der Waals surface area contributed by atoms with E-state index in [1.165, 1.54) is 14.2 Å². The Morgan fingerprint density at radius 2 is 1.82 bits per heavy atom. The Morgan fingerprint density at radius 3 is 2.36 bits per heavy atom. The van der Waals surface area contributed by atoms with E-state index in [1.807, 2.05) is 36.5 Å². The predicted octanol–water partition coefficient (Wildman–Crippen LogP) is 2.67. The summed E-state index contributed by atoms with van der Waals surface area (Å²) in [6.07, 6.45) is 1.74. The summed E-state index contributed by atoms with van der Waals surface area (Å²) in [5.74, 6) is -1.23. The van der Waals surface area contributed by atoms with Crippen LogP contribution < -0.4 is 5.32 Å². The van der Waals surface area contributed by atoms with Gasteiger partial charge in [0.1, 0.15) is 14.7 Å². The van der Waals surface area contributed by atoms with Crippen LogP contribution in [0.4, 0.5) is 0 Å². The van der Waals surface area contributed by atoms with E-state index in [9.17, 15) is 9.36 Å². The molecule has 0 spiro atoms. The van der Waals surface area contributed by atoms with Crippen LogP contribution in [0.15, 0.2) is 36.5 Å². The molecule has 0 aliphatic heterocycles. The maximum Gasteiger partial charge on any atom is 0.331 e. The van der Waals surface area contributed by atoms with Gasteiger partial charge in [-0.2, -0.15) is 0 Å². The number of aromatic nitrogens is 3. The van der Waals surface area contributed by atoms with E-state index in [0.717, 1.165) is 10.9 Å². The Balaban J connectivity index is 2.15. The second kappa shape index (κ2) is 9.60. The molecule has 0 saturated carbocycles. The zero-order valence-electron chi connectivity index (χ0n) is 17.0. The van der Waals surface area contributed by atoms with Crippen LogP contribution in [0.25, 0.3) is 0 Å². The molecule has 1 aromatic heterocycles. The third-order valence-electron chi connectivity index (χ3n) is 4.27. The van der Waals surface area contributed by atoms with Crippen molar-refractivity contribution in [2.75, 3.05) is 20.4 Å². The molecule has 0 aliphatic carbocycles. The molecule has 8 nitrogen and oxygen atoms in total.